The van der Waals surface area contributed by atoms with Gasteiger partial charge in [-0.1, -0.05) is 33.3 Å². The smallest absolute Gasteiger partial charge is 0.120 e. The Hall–Kier alpha value is -2.03. The van der Waals surface area contributed by atoms with Gasteiger partial charge in [0.05, 0.1) is 36.8 Å². The van der Waals surface area contributed by atoms with Crippen molar-refractivity contribution in [2.24, 2.45) is 0 Å². The second-order valence-corrected chi connectivity index (χ2v) is 7.32. The van der Waals surface area contributed by atoms with Gasteiger partial charge in [0, 0.05) is 23.1 Å². The molecule has 2 N–H and O–H groups in total. The lowest BCUT2D eigenvalue weighted by Crippen LogP contribution is -2.47. The minimum Gasteiger partial charge on any atom is -0.387 e. The molecule has 1 saturated heterocycles. The van der Waals surface area contributed by atoms with Crippen molar-refractivity contribution in [3.05, 3.63) is 52.7 Å². The Balaban J connectivity index is 1.35. The molecule has 8 heteroatoms. The van der Waals surface area contributed by atoms with Crippen LogP contribution in [0.15, 0.2) is 41.1 Å². The summed E-state index contributed by atoms with van der Waals surface area (Å²) >= 11 is 3.49. The van der Waals surface area contributed by atoms with Crippen LogP contribution in [0.4, 0.5) is 0 Å². The molecular formula is C17H19BrN6O. The SMILES string of the molecule is CC(O)c1cn(C2CN(Cc3ncc(-c4cccc(Br)c4)[nH]3)C2)nn1. The third-order valence-electron chi connectivity index (χ3n) is 4.41. The van der Waals surface area contributed by atoms with Crippen LogP contribution in [0.1, 0.15) is 30.6 Å². The summed E-state index contributed by atoms with van der Waals surface area (Å²) in [5.41, 5.74) is 2.75. The van der Waals surface area contributed by atoms with Crippen molar-refractivity contribution in [1.29, 1.82) is 0 Å². The maximum absolute atomic E-state index is 9.53. The first-order chi connectivity index (χ1) is 12.1. The van der Waals surface area contributed by atoms with Gasteiger partial charge >= 0.3 is 0 Å². The van der Waals surface area contributed by atoms with Crippen LogP contribution in [0.2, 0.25) is 0 Å². The van der Waals surface area contributed by atoms with Crippen LogP contribution in [0.5, 0.6) is 0 Å². The van der Waals surface area contributed by atoms with Gasteiger partial charge in [-0.25, -0.2) is 9.67 Å². The molecule has 1 atom stereocenters. The van der Waals surface area contributed by atoms with E-state index in [2.05, 4.69) is 53.2 Å². The summed E-state index contributed by atoms with van der Waals surface area (Å²) in [6.07, 6.45) is 3.12. The van der Waals surface area contributed by atoms with Crippen LogP contribution in [0, 0.1) is 0 Å². The van der Waals surface area contributed by atoms with Crippen molar-refractivity contribution < 1.29 is 5.11 Å². The molecule has 1 aliphatic heterocycles. The Morgan fingerprint density at radius 3 is 2.96 bits per heavy atom. The lowest BCUT2D eigenvalue weighted by atomic mass is 10.1. The molecule has 130 valence electrons. The third kappa shape index (κ3) is 3.51. The van der Waals surface area contributed by atoms with Crippen LogP contribution in [0.3, 0.4) is 0 Å². The number of nitrogens with zero attached hydrogens (tertiary/aromatic N) is 5. The highest BCUT2D eigenvalue weighted by Crippen LogP contribution is 2.25. The third-order valence-corrected chi connectivity index (χ3v) is 4.90. The quantitative estimate of drug-likeness (QED) is 0.684. The molecule has 0 spiro atoms. The number of likely N-dealkylation sites (tertiary alicyclic amines) is 1. The summed E-state index contributed by atoms with van der Waals surface area (Å²) in [4.78, 5) is 10.2. The zero-order chi connectivity index (χ0) is 17.4. The van der Waals surface area contributed by atoms with Crippen molar-refractivity contribution in [2.45, 2.75) is 25.6 Å². The number of hydrogen-bond acceptors (Lipinski definition) is 5. The Morgan fingerprint density at radius 2 is 2.24 bits per heavy atom. The van der Waals surface area contributed by atoms with E-state index in [-0.39, 0.29) is 0 Å². The molecule has 3 aromatic rings. The second-order valence-electron chi connectivity index (χ2n) is 6.40. The number of aromatic amines is 1. The van der Waals surface area contributed by atoms with Crippen molar-refractivity contribution in [3.8, 4) is 11.3 Å². The van der Waals surface area contributed by atoms with E-state index in [9.17, 15) is 5.11 Å². The fourth-order valence-electron chi connectivity index (χ4n) is 2.96. The number of hydrogen-bond donors (Lipinski definition) is 2. The number of benzene rings is 1. The predicted octanol–water partition coefficient (Wildman–Crippen LogP) is 2.54. The molecule has 1 unspecified atom stereocenters. The first kappa shape index (κ1) is 16.4. The summed E-state index contributed by atoms with van der Waals surface area (Å²) in [5, 5.41) is 17.6. The van der Waals surface area contributed by atoms with Crippen LogP contribution in [0.25, 0.3) is 11.3 Å². The van der Waals surface area contributed by atoms with Crippen LogP contribution in [-0.4, -0.2) is 48.1 Å². The summed E-state index contributed by atoms with van der Waals surface area (Å²) < 4.78 is 2.89. The number of nitrogens with one attached hydrogen (secondary N) is 1. The van der Waals surface area contributed by atoms with E-state index in [0.717, 1.165) is 41.2 Å². The van der Waals surface area contributed by atoms with Gasteiger partial charge in [0.2, 0.25) is 0 Å². The molecule has 4 rings (SSSR count). The number of halogens is 1. The molecule has 1 aromatic carbocycles. The largest absolute Gasteiger partial charge is 0.387 e. The lowest BCUT2D eigenvalue weighted by Gasteiger charge is -2.38. The number of aromatic nitrogens is 5. The summed E-state index contributed by atoms with van der Waals surface area (Å²) in [6, 6.07) is 8.46. The molecule has 1 fully saturated rings. The Morgan fingerprint density at radius 1 is 1.40 bits per heavy atom. The maximum atomic E-state index is 9.53. The number of rotatable bonds is 5. The van der Waals surface area contributed by atoms with E-state index < -0.39 is 6.10 Å². The molecule has 0 amide bonds. The zero-order valence-corrected chi connectivity index (χ0v) is 15.4. The molecule has 0 radical (unpaired) electrons. The number of imidazole rings is 1. The first-order valence-corrected chi connectivity index (χ1v) is 9.00. The fraction of sp³-hybridized carbons (Fsp3) is 0.353. The molecule has 25 heavy (non-hydrogen) atoms. The standard InChI is InChI=1S/C17H19BrN6O/c1-11(25)16-9-24(22-21-16)14-7-23(8-14)10-17-19-6-15(20-17)12-3-2-4-13(18)5-12/h2-6,9,11,14,25H,7-8,10H2,1H3,(H,19,20). The van der Waals surface area contributed by atoms with Gasteiger partial charge in [0.1, 0.15) is 11.5 Å². The summed E-state index contributed by atoms with van der Waals surface area (Å²) in [5.74, 6) is 0.955. The molecule has 0 aliphatic carbocycles. The van der Waals surface area contributed by atoms with Crippen LogP contribution < -0.4 is 0 Å². The van der Waals surface area contributed by atoms with Crippen molar-refractivity contribution >= 4 is 15.9 Å². The monoisotopic (exact) mass is 402 g/mol. The van der Waals surface area contributed by atoms with Gasteiger partial charge in [0.15, 0.2) is 0 Å². The minimum atomic E-state index is -0.579. The van der Waals surface area contributed by atoms with E-state index in [4.69, 9.17) is 0 Å². The van der Waals surface area contributed by atoms with Crippen LogP contribution in [-0.2, 0) is 6.54 Å². The number of aliphatic hydroxyl groups excluding tert-OH is 1. The van der Waals surface area contributed by atoms with E-state index in [1.54, 1.807) is 6.92 Å². The van der Waals surface area contributed by atoms with Gasteiger partial charge in [-0.05, 0) is 19.1 Å². The summed E-state index contributed by atoms with van der Waals surface area (Å²) in [6.45, 7) is 4.27. The Labute approximate surface area is 153 Å². The Bertz CT molecular complexity index is 867. The van der Waals surface area contributed by atoms with E-state index >= 15 is 0 Å². The van der Waals surface area contributed by atoms with Gasteiger partial charge in [0.25, 0.3) is 0 Å². The average molecular weight is 403 g/mol. The molecule has 0 bridgehead atoms. The number of aliphatic hydroxyl groups is 1. The van der Waals surface area contributed by atoms with Gasteiger partial charge in [-0.15, -0.1) is 5.10 Å². The average Bonchev–Trinajstić information content (AvgIpc) is 3.20. The van der Waals surface area contributed by atoms with Crippen molar-refractivity contribution in [3.63, 3.8) is 0 Å². The highest BCUT2D eigenvalue weighted by molar-refractivity contribution is 9.10. The molecule has 7 nitrogen and oxygen atoms in total. The summed E-state index contributed by atoms with van der Waals surface area (Å²) in [7, 11) is 0. The minimum absolute atomic E-state index is 0.305. The molecule has 0 saturated carbocycles. The highest BCUT2D eigenvalue weighted by atomic mass is 79.9. The van der Waals surface area contributed by atoms with Gasteiger partial charge in [-0.3, -0.25) is 4.90 Å². The molecular weight excluding hydrogens is 384 g/mol. The van der Waals surface area contributed by atoms with E-state index in [0.29, 0.717) is 11.7 Å². The van der Waals surface area contributed by atoms with E-state index in [1.807, 2.05) is 29.2 Å². The predicted molar refractivity (Wildman–Crippen MR) is 96.7 cm³/mol. The van der Waals surface area contributed by atoms with Crippen molar-refractivity contribution in [1.82, 2.24) is 29.9 Å². The molecule has 1 aliphatic rings. The molecule has 2 aromatic heterocycles. The van der Waals surface area contributed by atoms with Gasteiger partial charge in [-0.2, -0.15) is 0 Å². The lowest BCUT2D eigenvalue weighted by molar-refractivity contribution is 0.0870. The van der Waals surface area contributed by atoms with Crippen LogP contribution >= 0.6 is 15.9 Å². The second kappa shape index (κ2) is 6.70. The highest BCUT2D eigenvalue weighted by Gasteiger charge is 2.30. The maximum Gasteiger partial charge on any atom is 0.120 e. The topological polar surface area (TPSA) is 82.9 Å². The zero-order valence-electron chi connectivity index (χ0n) is 13.8. The molecule has 3 heterocycles. The Kier molecular flexibility index (Phi) is 4.41. The fourth-order valence-corrected chi connectivity index (χ4v) is 3.36. The van der Waals surface area contributed by atoms with E-state index in [1.165, 1.54) is 0 Å². The first-order valence-electron chi connectivity index (χ1n) is 8.20. The normalized spacial score (nSPS) is 16.8. The number of H-pyrrole nitrogens is 1. The van der Waals surface area contributed by atoms with Gasteiger partial charge < -0.3 is 10.1 Å². The van der Waals surface area contributed by atoms with Crippen molar-refractivity contribution in [2.75, 3.05) is 13.1 Å².